The Labute approximate surface area is 119 Å². The Morgan fingerprint density at radius 2 is 1.95 bits per heavy atom. The van der Waals surface area contributed by atoms with Crippen molar-refractivity contribution in [3.63, 3.8) is 0 Å². The van der Waals surface area contributed by atoms with Gasteiger partial charge in [0.25, 0.3) is 0 Å². The van der Waals surface area contributed by atoms with Crippen LogP contribution in [0.3, 0.4) is 0 Å². The molecular formula is C16H21NO3. The minimum atomic E-state index is -0.462. The number of piperidine rings is 1. The fourth-order valence-corrected chi connectivity index (χ4v) is 3.64. The Morgan fingerprint density at radius 3 is 2.60 bits per heavy atom. The number of nitrogens with zero attached hydrogens (tertiary/aromatic N) is 1. The smallest absolute Gasteiger partial charge is 0.163 e. The largest absolute Gasteiger partial charge is 0.348 e. The van der Waals surface area contributed by atoms with Gasteiger partial charge in [-0.05, 0) is 32.3 Å². The first kappa shape index (κ1) is 12.8. The normalized spacial score (nSPS) is 42.2. The predicted molar refractivity (Wildman–Crippen MR) is 73.8 cm³/mol. The van der Waals surface area contributed by atoms with Crippen molar-refractivity contribution in [3.8, 4) is 0 Å². The van der Waals surface area contributed by atoms with Crippen molar-refractivity contribution in [1.29, 1.82) is 0 Å². The van der Waals surface area contributed by atoms with E-state index in [4.69, 9.17) is 14.3 Å². The zero-order valence-corrected chi connectivity index (χ0v) is 12.0. The molecule has 1 unspecified atom stereocenters. The molecule has 4 heteroatoms. The van der Waals surface area contributed by atoms with Crippen LogP contribution in [0, 0.1) is 0 Å². The van der Waals surface area contributed by atoms with E-state index in [-0.39, 0.29) is 6.10 Å². The molecule has 2 bridgehead atoms. The van der Waals surface area contributed by atoms with E-state index >= 15 is 0 Å². The summed E-state index contributed by atoms with van der Waals surface area (Å²) in [4.78, 5) is 6.03. The van der Waals surface area contributed by atoms with Crippen LogP contribution in [-0.2, 0) is 14.3 Å². The van der Waals surface area contributed by atoms with Crippen molar-refractivity contribution in [2.24, 2.45) is 0 Å². The molecule has 3 fully saturated rings. The van der Waals surface area contributed by atoms with Crippen LogP contribution in [0.4, 0.5) is 0 Å². The number of benzene rings is 1. The van der Waals surface area contributed by atoms with Gasteiger partial charge in [0.2, 0.25) is 0 Å². The van der Waals surface area contributed by atoms with Gasteiger partial charge < -0.3 is 9.47 Å². The Balaban J connectivity index is 1.54. The third kappa shape index (κ3) is 2.07. The Kier molecular flexibility index (Phi) is 2.89. The van der Waals surface area contributed by atoms with Gasteiger partial charge >= 0.3 is 0 Å². The molecule has 4 nitrogen and oxygen atoms in total. The lowest BCUT2D eigenvalue weighted by Crippen LogP contribution is -2.43. The average Bonchev–Trinajstić information content (AvgIpc) is 3.12. The molecule has 0 spiro atoms. The molecule has 0 aliphatic carbocycles. The molecule has 0 amide bonds. The second-order valence-electron chi connectivity index (χ2n) is 6.42. The van der Waals surface area contributed by atoms with E-state index in [0.717, 1.165) is 12.8 Å². The molecule has 5 atom stereocenters. The number of hydrogen-bond acceptors (Lipinski definition) is 4. The van der Waals surface area contributed by atoms with Crippen molar-refractivity contribution in [3.05, 3.63) is 35.9 Å². The van der Waals surface area contributed by atoms with Gasteiger partial charge in [-0.2, -0.15) is 5.06 Å². The summed E-state index contributed by atoms with van der Waals surface area (Å²) in [6.07, 6.45) is 2.57. The molecule has 3 aliphatic heterocycles. The van der Waals surface area contributed by atoms with Crippen molar-refractivity contribution in [2.45, 2.75) is 56.8 Å². The summed E-state index contributed by atoms with van der Waals surface area (Å²) >= 11 is 0. The third-order valence-corrected chi connectivity index (χ3v) is 4.54. The van der Waals surface area contributed by atoms with Crippen LogP contribution in [0.25, 0.3) is 0 Å². The van der Waals surface area contributed by atoms with Gasteiger partial charge in [0.05, 0.1) is 24.8 Å². The lowest BCUT2D eigenvalue weighted by atomic mass is 9.91. The van der Waals surface area contributed by atoms with Crippen LogP contribution >= 0.6 is 0 Å². The van der Waals surface area contributed by atoms with Gasteiger partial charge in [-0.1, -0.05) is 30.3 Å². The molecule has 0 saturated carbocycles. The van der Waals surface area contributed by atoms with Crippen molar-refractivity contribution in [1.82, 2.24) is 5.06 Å². The topological polar surface area (TPSA) is 30.9 Å². The second kappa shape index (κ2) is 4.53. The van der Waals surface area contributed by atoms with E-state index in [1.165, 1.54) is 5.56 Å². The van der Waals surface area contributed by atoms with E-state index in [9.17, 15) is 0 Å². The molecule has 0 aromatic heterocycles. The van der Waals surface area contributed by atoms with E-state index in [0.29, 0.717) is 24.8 Å². The van der Waals surface area contributed by atoms with Gasteiger partial charge in [-0.3, -0.25) is 4.84 Å². The van der Waals surface area contributed by atoms with E-state index in [2.05, 4.69) is 35.4 Å². The number of hydrogen-bond donors (Lipinski definition) is 0. The predicted octanol–water partition coefficient (Wildman–Crippen LogP) is 2.66. The Bertz CT molecular complexity index is 490. The van der Waals surface area contributed by atoms with Gasteiger partial charge in [-0.15, -0.1) is 0 Å². The highest BCUT2D eigenvalue weighted by atomic mass is 16.8. The molecular weight excluding hydrogens is 254 g/mol. The zero-order valence-electron chi connectivity index (χ0n) is 12.0. The first-order valence-corrected chi connectivity index (χ1v) is 7.44. The molecule has 0 N–H and O–H groups in total. The third-order valence-electron chi connectivity index (χ3n) is 4.54. The minimum Gasteiger partial charge on any atom is -0.348 e. The molecule has 3 heterocycles. The van der Waals surface area contributed by atoms with Crippen molar-refractivity contribution in [2.75, 3.05) is 6.61 Å². The highest BCUT2D eigenvalue weighted by Gasteiger charge is 2.52. The maximum absolute atomic E-state index is 6.03. The SMILES string of the molecule is CC1(C)OC[C@H]([C@@H]2C[C@H]3C[C@H](c4ccccc4)N2O3)O1. The maximum Gasteiger partial charge on any atom is 0.163 e. The monoisotopic (exact) mass is 275 g/mol. The second-order valence-corrected chi connectivity index (χ2v) is 6.42. The van der Waals surface area contributed by atoms with E-state index in [1.54, 1.807) is 0 Å². The highest BCUT2D eigenvalue weighted by molar-refractivity contribution is 5.21. The molecule has 1 aromatic carbocycles. The van der Waals surface area contributed by atoms with Crippen LogP contribution in [0.2, 0.25) is 0 Å². The standard InChI is InChI=1S/C16H21NO3/c1-16(2)18-10-15(19-16)14-9-12-8-13(17(14)20-12)11-6-4-3-5-7-11/h3-7,12-15H,8-10H2,1-2H3/t12-,13-,14+,15-/m1/s1. The molecule has 108 valence electrons. The quantitative estimate of drug-likeness (QED) is 0.830. The van der Waals surface area contributed by atoms with E-state index < -0.39 is 5.79 Å². The fourth-order valence-electron chi connectivity index (χ4n) is 3.64. The first-order chi connectivity index (χ1) is 9.62. The van der Waals surface area contributed by atoms with Crippen LogP contribution in [0.15, 0.2) is 30.3 Å². The lowest BCUT2D eigenvalue weighted by Gasteiger charge is -2.32. The molecule has 0 radical (unpaired) electrons. The summed E-state index contributed by atoms with van der Waals surface area (Å²) in [7, 11) is 0. The molecule has 3 saturated heterocycles. The molecule has 4 rings (SSSR count). The van der Waals surface area contributed by atoms with E-state index in [1.807, 2.05) is 13.8 Å². The van der Waals surface area contributed by atoms with Crippen LogP contribution in [0.5, 0.6) is 0 Å². The van der Waals surface area contributed by atoms with Gasteiger partial charge in [0.15, 0.2) is 5.79 Å². The van der Waals surface area contributed by atoms with Crippen LogP contribution in [-0.4, -0.2) is 35.7 Å². The highest BCUT2D eigenvalue weighted by Crippen LogP contribution is 2.46. The summed E-state index contributed by atoms with van der Waals surface area (Å²) in [6, 6.07) is 11.3. The Morgan fingerprint density at radius 1 is 1.15 bits per heavy atom. The summed E-state index contributed by atoms with van der Waals surface area (Å²) in [5.41, 5.74) is 1.33. The fraction of sp³-hybridized carbons (Fsp3) is 0.625. The summed E-state index contributed by atoms with van der Waals surface area (Å²) in [5.74, 6) is -0.462. The number of hydroxylamine groups is 2. The number of ether oxygens (including phenoxy) is 2. The molecule has 1 aromatic rings. The summed E-state index contributed by atoms with van der Waals surface area (Å²) in [5, 5.41) is 2.16. The number of rotatable bonds is 2. The number of fused-ring (bicyclic) bond motifs is 2. The Hall–Kier alpha value is -0.940. The molecule has 3 aliphatic rings. The van der Waals surface area contributed by atoms with Gasteiger partial charge in [0, 0.05) is 0 Å². The van der Waals surface area contributed by atoms with Crippen molar-refractivity contribution >= 4 is 0 Å². The van der Waals surface area contributed by atoms with Crippen LogP contribution < -0.4 is 0 Å². The van der Waals surface area contributed by atoms with Crippen LogP contribution in [0.1, 0.15) is 38.3 Å². The maximum atomic E-state index is 6.03. The minimum absolute atomic E-state index is 0.113. The zero-order chi connectivity index (χ0) is 13.7. The van der Waals surface area contributed by atoms with Gasteiger partial charge in [-0.25, -0.2) is 0 Å². The van der Waals surface area contributed by atoms with Crippen molar-refractivity contribution < 1.29 is 14.3 Å². The average molecular weight is 275 g/mol. The van der Waals surface area contributed by atoms with Gasteiger partial charge in [0.1, 0.15) is 6.10 Å². The summed E-state index contributed by atoms with van der Waals surface area (Å²) in [6.45, 7) is 4.61. The summed E-state index contributed by atoms with van der Waals surface area (Å²) < 4.78 is 11.7. The lowest BCUT2D eigenvalue weighted by molar-refractivity contribution is -0.178. The first-order valence-electron chi connectivity index (χ1n) is 7.44. The molecule has 20 heavy (non-hydrogen) atoms.